The predicted octanol–water partition coefficient (Wildman–Crippen LogP) is 1.55. The molecule has 0 aliphatic rings. The molecule has 0 aromatic heterocycles. The van der Waals surface area contributed by atoms with Crippen molar-refractivity contribution in [2.45, 2.75) is 33.4 Å². The molecule has 21 heavy (non-hydrogen) atoms. The van der Waals surface area contributed by atoms with E-state index in [1.165, 1.54) is 4.31 Å². The van der Waals surface area contributed by atoms with Crippen molar-refractivity contribution in [3.63, 3.8) is 0 Å². The lowest BCUT2D eigenvalue weighted by atomic mass is 10.2. The quantitative estimate of drug-likeness (QED) is 0.789. The first-order valence-electron chi connectivity index (χ1n) is 6.81. The SMILES string of the molecule is CCN(Cc1ccccc1)S(=O)(=O)N(CC(=O)O)C(C)C. The van der Waals surface area contributed by atoms with Gasteiger partial charge in [-0.2, -0.15) is 17.0 Å². The van der Waals surface area contributed by atoms with Gasteiger partial charge < -0.3 is 5.11 Å². The van der Waals surface area contributed by atoms with Gasteiger partial charge in [-0.3, -0.25) is 4.79 Å². The first kappa shape index (κ1) is 17.6. The fourth-order valence-electron chi connectivity index (χ4n) is 1.96. The van der Waals surface area contributed by atoms with Crippen LogP contribution in [0, 0.1) is 0 Å². The molecule has 0 radical (unpaired) electrons. The lowest BCUT2D eigenvalue weighted by Crippen LogP contribution is -2.48. The minimum absolute atomic E-state index is 0.225. The summed E-state index contributed by atoms with van der Waals surface area (Å²) in [4.78, 5) is 10.9. The molecule has 0 aliphatic carbocycles. The van der Waals surface area contributed by atoms with Crippen LogP contribution in [0.1, 0.15) is 26.3 Å². The average molecular weight is 314 g/mol. The molecule has 0 amide bonds. The van der Waals surface area contributed by atoms with Crippen LogP contribution in [0.4, 0.5) is 0 Å². The van der Waals surface area contributed by atoms with Crippen molar-refractivity contribution in [2.24, 2.45) is 0 Å². The van der Waals surface area contributed by atoms with Gasteiger partial charge in [-0.1, -0.05) is 37.3 Å². The smallest absolute Gasteiger partial charge is 0.318 e. The molecule has 0 aliphatic heterocycles. The van der Waals surface area contributed by atoms with Crippen LogP contribution in [0.25, 0.3) is 0 Å². The molecule has 6 nitrogen and oxygen atoms in total. The highest BCUT2D eigenvalue weighted by Gasteiger charge is 2.32. The largest absolute Gasteiger partial charge is 0.480 e. The Morgan fingerprint density at radius 3 is 2.24 bits per heavy atom. The first-order chi connectivity index (χ1) is 9.78. The summed E-state index contributed by atoms with van der Waals surface area (Å²) in [5.41, 5.74) is 0.863. The maximum Gasteiger partial charge on any atom is 0.318 e. The summed E-state index contributed by atoms with van der Waals surface area (Å²) in [6.07, 6.45) is 0. The van der Waals surface area contributed by atoms with Crippen LogP contribution >= 0.6 is 0 Å². The number of carboxylic acid groups (broad SMARTS) is 1. The molecule has 1 aromatic carbocycles. The van der Waals surface area contributed by atoms with Gasteiger partial charge in [0.15, 0.2) is 0 Å². The second-order valence-electron chi connectivity index (χ2n) is 4.95. The number of rotatable bonds is 8. The van der Waals surface area contributed by atoms with Gasteiger partial charge in [0.2, 0.25) is 0 Å². The third-order valence-electron chi connectivity index (χ3n) is 3.04. The van der Waals surface area contributed by atoms with Gasteiger partial charge in [-0.15, -0.1) is 0 Å². The molecule has 0 fully saturated rings. The summed E-state index contributed by atoms with van der Waals surface area (Å²) in [7, 11) is -3.82. The Morgan fingerprint density at radius 1 is 1.24 bits per heavy atom. The standard InChI is InChI=1S/C14H22N2O4S/c1-4-15(10-13-8-6-5-7-9-13)21(19,20)16(12(2)3)11-14(17)18/h5-9,12H,4,10-11H2,1-3H3,(H,17,18). The van der Waals surface area contributed by atoms with Crippen LogP contribution in [0.5, 0.6) is 0 Å². The number of hydrogen-bond acceptors (Lipinski definition) is 3. The third kappa shape index (κ3) is 4.80. The molecular weight excluding hydrogens is 292 g/mol. The minimum Gasteiger partial charge on any atom is -0.480 e. The second-order valence-corrected chi connectivity index (χ2v) is 6.83. The monoisotopic (exact) mass is 314 g/mol. The van der Waals surface area contributed by atoms with E-state index in [2.05, 4.69) is 0 Å². The number of carbonyl (C=O) groups is 1. The van der Waals surface area contributed by atoms with Gasteiger partial charge in [0, 0.05) is 19.1 Å². The van der Waals surface area contributed by atoms with E-state index in [-0.39, 0.29) is 13.1 Å². The Kier molecular flexibility index (Phi) is 6.32. The maximum absolute atomic E-state index is 12.6. The number of aliphatic carboxylic acids is 1. The lowest BCUT2D eigenvalue weighted by molar-refractivity contribution is -0.137. The summed E-state index contributed by atoms with van der Waals surface area (Å²) >= 11 is 0. The molecule has 0 heterocycles. The van der Waals surface area contributed by atoms with Crippen molar-refractivity contribution < 1.29 is 18.3 Å². The average Bonchev–Trinajstić information content (AvgIpc) is 2.42. The van der Waals surface area contributed by atoms with E-state index >= 15 is 0 Å². The zero-order valence-electron chi connectivity index (χ0n) is 12.6. The number of hydrogen-bond donors (Lipinski definition) is 1. The highest BCUT2D eigenvalue weighted by atomic mass is 32.2. The Bertz CT molecular complexity index is 558. The van der Waals surface area contributed by atoms with E-state index < -0.39 is 28.8 Å². The van der Waals surface area contributed by atoms with Gasteiger partial charge >= 0.3 is 5.97 Å². The number of nitrogens with zero attached hydrogens (tertiary/aromatic N) is 2. The van der Waals surface area contributed by atoms with Crippen molar-refractivity contribution in [1.29, 1.82) is 0 Å². The van der Waals surface area contributed by atoms with Gasteiger partial charge in [-0.05, 0) is 19.4 Å². The Balaban J connectivity index is 3.02. The lowest BCUT2D eigenvalue weighted by Gasteiger charge is -2.30. The van der Waals surface area contributed by atoms with E-state index in [0.29, 0.717) is 0 Å². The zero-order chi connectivity index (χ0) is 16.0. The van der Waals surface area contributed by atoms with Crippen LogP contribution in [0.3, 0.4) is 0 Å². The van der Waals surface area contributed by atoms with E-state index in [4.69, 9.17) is 5.11 Å². The van der Waals surface area contributed by atoms with Crippen LogP contribution in [-0.4, -0.2) is 47.2 Å². The van der Waals surface area contributed by atoms with E-state index in [9.17, 15) is 13.2 Å². The van der Waals surface area contributed by atoms with Crippen LogP contribution in [-0.2, 0) is 21.5 Å². The summed E-state index contributed by atoms with van der Waals surface area (Å²) < 4.78 is 27.5. The molecule has 118 valence electrons. The van der Waals surface area contributed by atoms with Crippen molar-refractivity contribution in [3.05, 3.63) is 35.9 Å². The van der Waals surface area contributed by atoms with E-state index in [1.807, 2.05) is 30.3 Å². The Labute approximate surface area is 126 Å². The minimum atomic E-state index is -3.82. The Hall–Kier alpha value is -1.44. The number of carboxylic acids is 1. The molecule has 1 rings (SSSR count). The van der Waals surface area contributed by atoms with E-state index in [1.54, 1.807) is 20.8 Å². The normalized spacial score (nSPS) is 12.3. The topological polar surface area (TPSA) is 77.9 Å². The predicted molar refractivity (Wildman–Crippen MR) is 80.9 cm³/mol. The molecule has 0 spiro atoms. The summed E-state index contributed by atoms with van der Waals surface area (Å²) in [5, 5.41) is 8.92. The third-order valence-corrected chi connectivity index (χ3v) is 5.23. The van der Waals surface area contributed by atoms with Gasteiger partial charge in [-0.25, -0.2) is 0 Å². The van der Waals surface area contributed by atoms with Crippen molar-refractivity contribution in [3.8, 4) is 0 Å². The second kappa shape index (κ2) is 7.53. The van der Waals surface area contributed by atoms with Crippen molar-refractivity contribution in [2.75, 3.05) is 13.1 Å². The highest BCUT2D eigenvalue weighted by Crippen LogP contribution is 2.15. The van der Waals surface area contributed by atoms with Crippen LogP contribution in [0.15, 0.2) is 30.3 Å². The molecule has 1 aromatic rings. The van der Waals surface area contributed by atoms with Gasteiger partial charge in [0.25, 0.3) is 10.2 Å². The summed E-state index contributed by atoms with van der Waals surface area (Å²) in [6, 6.07) is 8.81. The fraction of sp³-hybridized carbons (Fsp3) is 0.500. The Morgan fingerprint density at radius 2 is 1.81 bits per heavy atom. The molecule has 7 heteroatoms. The molecular formula is C14H22N2O4S. The van der Waals surface area contributed by atoms with E-state index in [0.717, 1.165) is 9.87 Å². The van der Waals surface area contributed by atoms with Gasteiger partial charge in [0.05, 0.1) is 0 Å². The van der Waals surface area contributed by atoms with Gasteiger partial charge in [0.1, 0.15) is 6.54 Å². The molecule has 0 atom stereocenters. The molecule has 0 saturated heterocycles. The molecule has 0 bridgehead atoms. The number of benzene rings is 1. The van der Waals surface area contributed by atoms with Crippen molar-refractivity contribution in [1.82, 2.24) is 8.61 Å². The molecule has 0 unspecified atom stereocenters. The summed E-state index contributed by atoms with van der Waals surface area (Å²) in [5.74, 6) is -1.16. The maximum atomic E-state index is 12.6. The highest BCUT2D eigenvalue weighted by molar-refractivity contribution is 7.86. The fourth-order valence-corrected chi connectivity index (χ4v) is 3.70. The first-order valence-corrected chi connectivity index (χ1v) is 8.21. The summed E-state index contributed by atoms with van der Waals surface area (Å²) in [6.45, 7) is 5.03. The van der Waals surface area contributed by atoms with Crippen LogP contribution in [0.2, 0.25) is 0 Å². The molecule has 0 saturated carbocycles. The molecule has 1 N–H and O–H groups in total. The van der Waals surface area contributed by atoms with Crippen molar-refractivity contribution >= 4 is 16.2 Å². The van der Waals surface area contributed by atoms with Crippen LogP contribution < -0.4 is 0 Å². The zero-order valence-corrected chi connectivity index (χ0v) is 13.4.